The second kappa shape index (κ2) is 6.91. The van der Waals surface area contributed by atoms with Crippen LogP contribution < -0.4 is 4.72 Å². The van der Waals surface area contributed by atoms with E-state index in [-0.39, 0.29) is 23.4 Å². The Morgan fingerprint density at radius 3 is 2.70 bits per heavy atom. The van der Waals surface area contributed by atoms with Gasteiger partial charge in [0, 0.05) is 5.41 Å². The minimum absolute atomic E-state index is 0.00249. The van der Waals surface area contributed by atoms with Gasteiger partial charge < -0.3 is 14.6 Å². The smallest absolute Gasteiger partial charge is 0.304 e. The third kappa shape index (κ3) is 3.62. The maximum atomic E-state index is 15.4. The first-order chi connectivity index (χ1) is 12.7. The van der Waals surface area contributed by atoms with Crippen LogP contribution in [0.15, 0.2) is 0 Å². The zero-order chi connectivity index (χ0) is 19.4. The molecule has 0 radical (unpaired) electrons. The number of aliphatic hydroxyl groups excluding tert-OH is 1. The zero-order valence-electron chi connectivity index (χ0n) is 15.3. The van der Waals surface area contributed by atoms with Gasteiger partial charge in [0.2, 0.25) is 5.91 Å². The average Bonchev–Trinajstić information content (AvgIpc) is 2.84. The Labute approximate surface area is 158 Å². The number of rotatable bonds is 4. The van der Waals surface area contributed by atoms with E-state index in [0.717, 1.165) is 17.1 Å². The lowest BCUT2D eigenvalue weighted by molar-refractivity contribution is -0.161. The van der Waals surface area contributed by atoms with Gasteiger partial charge >= 0.3 is 10.2 Å². The molecule has 2 aliphatic carbocycles. The van der Waals surface area contributed by atoms with Crippen molar-refractivity contribution in [3.05, 3.63) is 0 Å². The van der Waals surface area contributed by atoms with E-state index in [1.807, 2.05) is 4.72 Å². The van der Waals surface area contributed by atoms with Crippen LogP contribution in [0.3, 0.4) is 0 Å². The number of nitrogens with zero attached hydrogens (tertiary/aromatic N) is 1. The molecule has 2 aliphatic heterocycles. The first-order valence-corrected chi connectivity index (χ1v) is 11.0. The monoisotopic (exact) mass is 406 g/mol. The SMILES string of the molecule is CC1(COC2CCC3CC(O)C(N4CC(=O)NS4(=O)=O)C(F)C3C2)COC1. The van der Waals surface area contributed by atoms with Gasteiger partial charge in [0.15, 0.2) is 0 Å². The number of hydrogen-bond donors (Lipinski definition) is 2. The van der Waals surface area contributed by atoms with Gasteiger partial charge in [0.1, 0.15) is 6.17 Å². The number of ether oxygens (including phenoxy) is 2. The molecular formula is C17H27FN2O6S. The molecule has 4 rings (SSSR count). The highest BCUT2D eigenvalue weighted by Gasteiger charge is 2.54. The van der Waals surface area contributed by atoms with E-state index in [4.69, 9.17) is 9.47 Å². The fraction of sp³-hybridized carbons (Fsp3) is 0.941. The van der Waals surface area contributed by atoms with Crippen LogP contribution in [0, 0.1) is 17.3 Å². The number of carbonyl (C=O) groups excluding carboxylic acids is 1. The number of hydrogen-bond acceptors (Lipinski definition) is 6. The van der Waals surface area contributed by atoms with Crippen LogP contribution in [0.4, 0.5) is 4.39 Å². The lowest BCUT2D eigenvalue weighted by Gasteiger charge is -2.48. The molecule has 154 valence electrons. The van der Waals surface area contributed by atoms with E-state index < -0.39 is 41.0 Å². The minimum Gasteiger partial charge on any atom is -0.391 e. The number of fused-ring (bicyclic) bond motifs is 1. The van der Waals surface area contributed by atoms with Crippen LogP contribution >= 0.6 is 0 Å². The summed E-state index contributed by atoms with van der Waals surface area (Å²) in [6.07, 6.45) is -0.327. The summed E-state index contributed by atoms with van der Waals surface area (Å²) in [5.41, 5.74) is 0.0208. The molecule has 0 bridgehead atoms. The Bertz CT molecular complexity index is 700. The molecule has 2 N–H and O–H groups in total. The summed E-state index contributed by atoms with van der Waals surface area (Å²) in [6.45, 7) is 3.55. The second-order valence-corrected chi connectivity index (χ2v) is 10.4. The van der Waals surface area contributed by atoms with Gasteiger partial charge in [-0.1, -0.05) is 6.92 Å². The predicted molar refractivity (Wildman–Crippen MR) is 92.6 cm³/mol. The molecule has 2 saturated carbocycles. The number of amides is 1. The molecule has 27 heavy (non-hydrogen) atoms. The summed E-state index contributed by atoms with van der Waals surface area (Å²) < 4.78 is 53.5. The fourth-order valence-corrected chi connectivity index (χ4v) is 6.24. The molecule has 0 aromatic heterocycles. The standard InChI is InChI=1S/C17H27FN2O6S/c1-17(7-25-8-17)9-26-11-3-2-10-4-13(21)16(15(18)12(10)5-11)20-6-14(22)19-27(20,23)24/h10-13,15-16,21H,2-9H2,1H3,(H,19,22). The summed E-state index contributed by atoms with van der Waals surface area (Å²) in [4.78, 5) is 11.5. The average molecular weight is 406 g/mol. The lowest BCUT2D eigenvalue weighted by Crippen LogP contribution is -2.59. The maximum absolute atomic E-state index is 15.4. The summed E-state index contributed by atoms with van der Waals surface area (Å²) >= 11 is 0. The second-order valence-electron chi connectivity index (χ2n) is 8.79. The van der Waals surface area contributed by atoms with E-state index in [9.17, 15) is 18.3 Å². The summed E-state index contributed by atoms with van der Waals surface area (Å²) in [5.74, 6) is -1.08. The Morgan fingerprint density at radius 2 is 2.11 bits per heavy atom. The van der Waals surface area contributed by atoms with Gasteiger partial charge in [-0.25, -0.2) is 9.11 Å². The quantitative estimate of drug-likeness (QED) is 0.680. The molecule has 0 aromatic carbocycles. The number of halogens is 1. The van der Waals surface area contributed by atoms with E-state index in [2.05, 4.69) is 6.92 Å². The first-order valence-electron chi connectivity index (χ1n) is 9.52. The van der Waals surface area contributed by atoms with Crippen molar-refractivity contribution in [1.29, 1.82) is 0 Å². The molecule has 4 fully saturated rings. The molecule has 0 spiro atoms. The molecule has 0 aromatic rings. The van der Waals surface area contributed by atoms with E-state index in [1.165, 1.54) is 0 Å². The molecule has 6 atom stereocenters. The van der Waals surface area contributed by atoms with Crippen molar-refractivity contribution in [2.75, 3.05) is 26.4 Å². The molecule has 10 heteroatoms. The van der Waals surface area contributed by atoms with Crippen molar-refractivity contribution in [3.63, 3.8) is 0 Å². The van der Waals surface area contributed by atoms with Gasteiger partial charge in [0.05, 0.1) is 44.6 Å². The topological polar surface area (TPSA) is 105 Å². The predicted octanol–water partition coefficient (Wildman–Crippen LogP) is -0.0277. The van der Waals surface area contributed by atoms with Crippen LogP contribution in [0.1, 0.15) is 32.6 Å². The van der Waals surface area contributed by atoms with E-state index in [1.54, 1.807) is 0 Å². The highest BCUT2D eigenvalue weighted by atomic mass is 32.2. The Kier molecular flexibility index (Phi) is 4.99. The number of carbonyl (C=O) groups is 1. The third-order valence-electron chi connectivity index (χ3n) is 6.43. The lowest BCUT2D eigenvalue weighted by atomic mass is 9.66. The van der Waals surface area contributed by atoms with Crippen LogP contribution in [0.2, 0.25) is 0 Å². The van der Waals surface area contributed by atoms with Gasteiger partial charge in [-0.2, -0.15) is 12.7 Å². The van der Waals surface area contributed by atoms with Gasteiger partial charge in [0.25, 0.3) is 0 Å². The summed E-state index contributed by atoms with van der Waals surface area (Å²) in [6, 6.07) is -1.23. The summed E-state index contributed by atoms with van der Waals surface area (Å²) in [7, 11) is -4.09. The molecule has 6 unspecified atom stereocenters. The van der Waals surface area contributed by atoms with Crippen molar-refractivity contribution in [2.45, 2.75) is 57.0 Å². The molecule has 8 nitrogen and oxygen atoms in total. The molecule has 4 aliphatic rings. The first kappa shape index (κ1) is 19.5. The van der Waals surface area contributed by atoms with Gasteiger partial charge in [-0.05, 0) is 37.5 Å². The van der Waals surface area contributed by atoms with Crippen molar-refractivity contribution >= 4 is 16.1 Å². The Balaban J connectivity index is 1.44. The fourth-order valence-electron chi connectivity index (χ4n) is 4.91. The molecule has 1 amide bonds. The van der Waals surface area contributed by atoms with E-state index in [0.29, 0.717) is 32.7 Å². The van der Waals surface area contributed by atoms with Crippen LogP contribution in [0.5, 0.6) is 0 Å². The zero-order valence-corrected chi connectivity index (χ0v) is 16.2. The maximum Gasteiger partial charge on any atom is 0.304 e. The third-order valence-corrected chi connectivity index (χ3v) is 7.90. The highest BCUT2D eigenvalue weighted by molar-refractivity contribution is 7.88. The Hall–Kier alpha value is -0.810. The van der Waals surface area contributed by atoms with Gasteiger partial charge in [-0.3, -0.25) is 4.79 Å². The van der Waals surface area contributed by atoms with Crippen LogP contribution in [-0.2, 0) is 24.5 Å². The molecule has 2 heterocycles. The number of nitrogens with one attached hydrogen (secondary N) is 1. The largest absolute Gasteiger partial charge is 0.391 e. The van der Waals surface area contributed by atoms with Crippen molar-refractivity contribution in [3.8, 4) is 0 Å². The van der Waals surface area contributed by atoms with Crippen molar-refractivity contribution in [2.24, 2.45) is 17.3 Å². The summed E-state index contributed by atoms with van der Waals surface area (Å²) in [5, 5.41) is 10.4. The normalized spacial score (nSPS) is 43.6. The number of aliphatic hydroxyl groups is 1. The van der Waals surface area contributed by atoms with Crippen molar-refractivity contribution in [1.82, 2.24) is 9.03 Å². The molecular weight excluding hydrogens is 379 g/mol. The van der Waals surface area contributed by atoms with Crippen LogP contribution in [0.25, 0.3) is 0 Å². The van der Waals surface area contributed by atoms with Gasteiger partial charge in [-0.15, -0.1) is 0 Å². The van der Waals surface area contributed by atoms with Crippen LogP contribution in [-0.4, -0.2) is 74.5 Å². The number of alkyl halides is 1. The van der Waals surface area contributed by atoms with Crippen molar-refractivity contribution < 1.29 is 32.2 Å². The van der Waals surface area contributed by atoms with E-state index >= 15 is 4.39 Å². The minimum atomic E-state index is -4.09. The Morgan fingerprint density at radius 1 is 1.37 bits per heavy atom. The highest BCUT2D eigenvalue weighted by Crippen LogP contribution is 2.45. The molecule has 2 saturated heterocycles.